The van der Waals surface area contributed by atoms with Gasteiger partial charge < -0.3 is 10.2 Å². The van der Waals surface area contributed by atoms with Crippen LogP contribution in [0.25, 0.3) is 0 Å². The third-order valence-corrected chi connectivity index (χ3v) is 6.40. The van der Waals surface area contributed by atoms with Crippen molar-refractivity contribution in [2.24, 2.45) is 0 Å². The van der Waals surface area contributed by atoms with E-state index in [0.29, 0.717) is 0 Å². The van der Waals surface area contributed by atoms with E-state index in [-0.39, 0.29) is 6.04 Å². The lowest BCUT2D eigenvalue weighted by molar-refractivity contribution is 0.628. The number of nitrogens with one attached hydrogen (secondary N) is 1. The van der Waals surface area contributed by atoms with Crippen molar-refractivity contribution in [3.8, 4) is 0 Å². The number of hydrogen-bond donors (Lipinski definition) is 1. The van der Waals surface area contributed by atoms with E-state index >= 15 is 0 Å². The largest absolute Gasteiger partial charge is 0.377 e. The Morgan fingerprint density at radius 2 is 1.97 bits per heavy atom. The molecule has 0 radical (unpaired) electrons. The average Bonchev–Trinajstić information content (AvgIpc) is 2.73. The molecule has 29 heavy (non-hydrogen) atoms. The normalized spacial score (nSPS) is 15.8. The molecule has 3 aromatic rings. The molecule has 150 valence electrons. The summed E-state index contributed by atoms with van der Waals surface area (Å²) in [5.41, 5.74) is 2.30. The van der Waals surface area contributed by atoms with E-state index in [1.165, 1.54) is 15.4 Å². The van der Waals surface area contributed by atoms with Gasteiger partial charge in [-0.2, -0.15) is 0 Å². The van der Waals surface area contributed by atoms with Crippen LogP contribution in [-0.4, -0.2) is 23.6 Å². The van der Waals surface area contributed by atoms with Crippen molar-refractivity contribution in [2.45, 2.75) is 42.0 Å². The monoisotopic (exact) mass is 424 g/mol. The summed E-state index contributed by atoms with van der Waals surface area (Å²) in [6.07, 6.45) is 4.99. The number of benzene rings is 2. The summed E-state index contributed by atoms with van der Waals surface area (Å²) in [7, 11) is 2.11. The Hall–Kier alpha value is -2.24. The molecule has 2 aromatic carbocycles. The van der Waals surface area contributed by atoms with Crippen LogP contribution in [0, 0.1) is 0 Å². The van der Waals surface area contributed by atoms with E-state index in [1.807, 2.05) is 18.3 Å². The molecular formula is C23H25ClN4S. The van der Waals surface area contributed by atoms with Gasteiger partial charge in [-0.05, 0) is 49.2 Å². The molecule has 0 saturated heterocycles. The van der Waals surface area contributed by atoms with Crippen molar-refractivity contribution < 1.29 is 0 Å². The van der Waals surface area contributed by atoms with E-state index in [1.54, 1.807) is 11.8 Å². The first-order valence-corrected chi connectivity index (χ1v) is 11.2. The summed E-state index contributed by atoms with van der Waals surface area (Å²) in [6, 6.07) is 16.6. The number of halogens is 1. The van der Waals surface area contributed by atoms with Crippen LogP contribution >= 0.6 is 23.4 Å². The molecule has 0 bridgehead atoms. The van der Waals surface area contributed by atoms with Crippen molar-refractivity contribution in [3.05, 3.63) is 71.1 Å². The first kappa shape index (κ1) is 20.0. The zero-order valence-electron chi connectivity index (χ0n) is 16.7. The summed E-state index contributed by atoms with van der Waals surface area (Å²) in [6.45, 7) is 3.13. The van der Waals surface area contributed by atoms with Crippen molar-refractivity contribution in [3.63, 3.8) is 0 Å². The smallest absolute Gasteiger partial charge is 0.137 e. The predicted molar refractivity (Wildman–Crippen MR) is 122 cm³/mol. The molecule has 1 aromatic heterocycles. The Labute approximate surface area is 181 Å². The minimum absolute atomic E-state index is 0.198. The third kappa shape index (κ3) is 4.68. The van der Waals surface area contributed by atoms with Crippen LogP contribution in [0.5, 0.6) is 0 Å². The number of nitrogens with zero attached hydrogens (tertiary/aromatic N) is 3. The molecule has 4 rings (SSSR count). The van der Waals surface area contributed by atoms with Gasteiger partial charge in [-0.25, -0.2) is 9.97 Å². The first-order chi connectivity index (χ1) is 14.1. The number of aryl methyl sites for hydroxylation is 1. The third-order valence-electron chi connectivity index (χ3n) is 5.07. The van der Waals surface area contributed by atoms with E-state index in [0.717, 1.165) is 48.2 Å². The highest BCUT2D eigenvalue weighted by molar-refractivity contribution is 7.99. The second-order valence-corrected chi connectivity index (χ2v) is 8.83. The number of aromatic nitrogens is 2. The van der Waals surface area contributed by atoms with Crippen molar-refractivity contribution in [1.29, 1.82) is 0 Å². The molecule has 1 aliphatic rings. The van der Waals surface area contributed by atoms with Crippen molar-refractivity contribution >= 4 is 34.9 Å². The van der Waals surface area contributed by atoms with Gasteiger partial charge in [-0.1, -0.05) is 42.4 Å². The highest BCUT2D eigenvalue weighted by Gasteiger charge is 2.26. The molecule has 0 saturated carbocycles. The topological polar surface area (TPSA) is 41.1 Å². The molecule has 0 spiro atoms. The number of hydrogen-bond acceptors (Lipinski definition) is 5. The SMILES string of the molecule is CCCc1ncc2c(n1)N(C)CCC2Nc1ccccc1Sc1ccc(Cl)cc1. The molecule has 1 atom stereocenters. The van der Waals surface area contributed by atoms with Gasteiger partial charge in [-0.3, -0.25) is 0 Å². The number of rotatable bonds is 6. The second-order valence-electron chi connectivity index (χ2n) is 7.27. The molecule has 1 aliphatic heterocycles. The number of fused-ring (bicyclic) bond motifs is 1. The molecule has 0 aliphatic carbocycles. The van der Waals surface area contributed by atoms with Crippen LogP contribution in [0.2, 0.25) is 5.02 Å². The van der Waals surface area contributed by atoms with Crippen LogP contribution in [0.1, 0.15) is 37.2 Å². The fraction of sp³-hybridized carbons (Fsp3) is 0.304. The van der Waals surface area contributed by atoms with Crippen LogP contribution in [-0.2, 0) is 6.42 Å². The highest BCUT2D eigenvalue weighted by Crippen LogP contribution is 2.38. The van der Waals surface area contributed by atoms with Crippen LogP contribution in [0.3, 0.4) is 0 Å². The lowest BCUT2D eigenvalue weighted by Crippen LogP contribution is -2.31. The van der Waals surface area contributed by atoms with Gasteiger partial charge >= 0.3 is 0 Å². The fourth-order valence-corrected chi connectivity index (χ4v) is 4.57. The van der Waals surface area contributed by atoms with Crippen molar-refractivity contribution in [1.82, 2.24) is 9.97 Å². The summed E-state index contributed by atoms with van der Waals surface area (Å²) in [4.78, 5) is 14.0. The lowest BCUT2D eigenvalue weighted by Gasteiger charge is -2.33. The summed E-state index contributed by atoms with van der Waals surface area (Å²) >= 11 is 7.77. The number of para-hydroxylation sites is 1. The quantitative estimate of drug-likeness (QED) is 0.508. The first-order valence-electron chi connectivity index (χ1n) is 10.00. The second kappa shape index (κ2) is 9.06. The molecule has 2 heterocycles. The maximum absolute atomic E-state index is 6.03. The molecule has 1 N–H and O–H groups in total. The van der Waals surface area contributed by atoms with Crippen LogP contribution in [0.15, 0.2) is 64.5 Å². The van der Waals surface area contributed by atoms with E-state index < -0.39 is 0 Å². The maximum atomic E-state index is 6.03. The van der Waals surface area contributed by atoms with Crippen LogP contribution in [0.4, 0.5) is 11.5 Å². The molecule has 0 amide bonds. The van der Waals surface area contributed by atoms with Gasteiger partial charge in [0.2, 0.25) is 0 Å². The Morgan fingerprint density at radius 3 is 2.76 bits per heavy atom. The zero-order chi connectivity index (χ0) is 20.2. The van der Waals surface area contributed by atoms with Crippen molar-refractivity contribution in [2.75, 3.05) is 23.8 Å². The number of anilines is 2. The maximum Gasteiger partial charge on any atom is 0.137 e. The minimum Gasteiger partial charge on any atom is -0.377 e. The summed E-state index contributed by atoms with van der Waals surface area (Å²) in [5, 5.41) is 4.51. The summed E-state index contributed by atoms with van der Waals surface area (Å²) in [5.74, 6) is 1.98. The Kier molecular flexibility index (Phi) is 6.26. The Morgan fingerprint density at radius 1 is 1.17 bits per heavy atom. The van der Waals surface area contributed by atoms with E-state index in [4.69, 9.17) is 16.6 Å². The van der Waals surface area contributed by atoms with E-state index in [2.05, 4.69) is 65.6 Å². The minimum atomic E-state index is 0.198. The molecule has 6 heteroatoms. The average molecular weight is 425 g/mol. The standard InChI is InChI=1S/C23H25ClN4S/c1-3-6-22-25-15-18-19(13-14-28(2)23(18)27-22)26-20-7-4-5-8-21(20)29-17-11-9-16(24)10-12-17/h4-5,7-12,15,19,26H,3,6,13-14H2,1-2H3. The Bertz CT molecular complexity index is 977. The molecule has 1 unspecified atom stereocenters. The van der Waals surface area contributed by atoms with Gasteiger partial charge in [-0.15, -0.1) is 0 Å². The molecule has 0 fully saturated rings. The predicted octanol–water partition coefficient (Wildman–Crippen LogP) is 6.23. The molecule has 4 nitrogen and oxygen atoms in total. The lowest BCUT2D eigenvalue weighted by atomic mass is 10.0. The highest BCUT2D eigenvalue weighted by atomic mass is 35.5. The fourth-order valence-electron chi connectivity index (χ4n) is 3.54. The van der Waals surface area contributed by atoms with Gasteiger partial charge in [0, 0.05) is 52.3 Å². The summed E-state index contributed by atoms with van der Waals surface area (Å²) < 4.78 is 0. The Balaban J connectivity index is 1.59. The van der Waals surface area contributed by atoms with Gasteiger partial charge in [0.05, 0.1) is 6.04 Å². The van der Waals surface area contributed by atoms with Gasteiger partial charge in [0.15, 0.2) is 0 Å². The molecular weight excluding hydrogens is 400 g/mol. The van der Waals surface area contributed by atoms with E-state index in [9.17, 15) is 0 Å². The van der Waals surface area contributed by atoms with Gasteiger partial charge in [0.25, 0.3) is 0 Å². The van der Waals surface area contributed by atoms with Gasteiger partial charge in [0.1, 0.15) is 11.6 Å². The zero-order valence-corrected chi connectivity index (χ0v) is 18.3. The van der Waals surface area contributed by atoms with Crippen LogP contribution < -0.4 is 10.2 Å².